The van der Waals surface area contributed by atoms with Crippen LogP contribution < -0.4 is 15.5 Å². The van der Waals surface area contributed by atoms with Gasteiger partial charge >= 0.3 is 0 Å². The van der Waals surface area contributed by atoms with Gasteiger partial charge in [-0.25, -0.2) is 13.3 Å². The van der Waals surface area contributed by atoms with E-state index in [1.54, 1.807) is 16.8 Å². The van der Waals surface area contributed by atoms with E-state index in [-0.39, 0.29) is 12.5 Å². The molecule has 0 bridgehead atoms. The zero-order valence-corrected chi connectivity index (χ0v) is 21.8. The molecule has 1 fully saturated rings. The molecule has 0 spiro atoms. The molecule has 2 N–H and O–H groups in total. The van der Waals surface area contributed by atoms with Gasteiger partial charge in [0.2, 0.25) is 11.0 Å². The standard InChI is InChI=1S/C25H25F2N9OS/c1-14(2)31-19-9-20(21-5-4-17-8-16(10-28)11-30-36(17)21)29-12-18(19)23-33-34-24(38-23)35-7-6-22(32-15(3)37)25(26,27)13-35/h4-5,8-9,11-12,14,22H,6-7,13H2,1-3H3,(H,29,31)(H,32,37). The number of pyridine rings is 1. The number of nitriles is 1. The second kappa shape index (κ2) is 9.94. The molecule has 0 radical (unpaired) electrons. The lowest BCUT2D eigenvalue weighted by molar-refractivity contribution is -0.124. The Kier molecular flexibility index (Phi) is 6.66. The summed E-state index contributed by atoms with van der Waals surface area (Å²) in [7, 11) is 0. The Morgan fingerprint density at radius 2 is 2.08 bits per heavy atom. The van der Waals surface area contributed by atoms with Gasteiger partial charge in [0.1, 0.15) is 6.07 Å². The molecule has 4 aromatic heterocycles. The van der Waals surface area contributed by atoms with Gasteiger partial charge in [-0.1, -0.05) is 11.3 Å². The number of rotatable bonds is 6. The predicted octanol–water partition coefficient (Wildman–Crippen LogP) is 3.96. The average Bonchev–Trinajstić information content (AvgIpc) is 3.51. The molecule has 0 saturated carbocycles. The van der Waals surface area contributed by atoms with E-state index in [1.165, 1.54) is 29.4 Å². The third-order valence-corrected chi connectivity index (χ3v) is 7.15. The number of hydrogen-bond acceptors (Lipinski definition) is 9. The van der Waals surface area contributed by atoms with Crippen LogP contribution >= 0.6 is 11.3 Å². The summed E-state index contributed by atoms with van der Waals surface area (Å²) >= 11 is 1.21. The first-order valence-electron chi connectivity index (χ1n) is 12.0. The van der Waals surface area contributed by atoms with E-state index < -0.39 is 24.4 Å². The smallest absolute Gasteiger partial charge is 0.285 e. The Labute approximate surface area is 221 Å². The summed E-state index contributed by atoms with van der Waals surface area (Å²) in [4.78, 5) is 17.4. The maximum Gasteiger partial charge on any atom is 0.285 e. The Hall–Kier alpha value is -4.18. The first kappa shape index (κ1) is 25.5. The Morgan fingerprint density at radius 1 is 1.26 bits per heavy atom. The molecule has 0 aliphatic carbocycles. The molecule has 196 valence electrons. The van der Waals surface area contributed by atoms with Crippen LogP contribution in [0.3, 0.4) is 0 Å². The lowest BCUT2D eigenvalue weighted by Gasteiger charge is -2.38. The number of nitrogens with zero attached hydrogens (tertiary/aromatic N) is 7. The molecule has 5 rings (SSSR count). The fourth-order valence-electron chi connectivity index (χ4n) is 4.43. The summed E-state index contributed by atoms with van der Waals surface area (Å²) in [6, 6.07) is 8.39. The number of carbonyl (C=O) groups is 1. The number of nitrogens with one attached hydrogen (secondary N) is 2. The van der Waals surface area contributed by atoms with Crippen molar-refractivity contribution >= 4 is 33.6 Å². The van der Waals surface area contributed by atoms with Crippen molar-refractivity contribution in [3.05, 3.63) is 42.2 Å². The van der Waals surface area contributed by atoms with Gasteiger partial charge in [0.25, 0.3) is 5.92 Å². The van der Waals surface area contributed by atoms with E-state index in [4.69, 9.17) is 5.26 Å². The molecule has 38 heavy (non-hydrogen) atoms. The summed E-state index contributed by atoms with van der Waals surface area (Å²) in [6.45, 7) is 5.03. The Morgan fingerprint density at radius 3 is 2.79 bits per heavy atom. The minimum atomic E-state index is -3.09. The van der Waals surface area contributed by atoms with Crippen molar-refractivity contribution in [3.8, 4) is 28.0 Å². The highest BCUT2D eigenvalue weighted by Gasteiger charge is 2.45. The number of carbonyl (C=O) groups excluding carboxylic acids is 1. The van der Waals surface area contributed by atoms with Crippen LogP contribution in [0.5, 0.6) is 0 Å². The molecule has 13 heteroatoms. The van der Waals surface area contributed by atoms with Gasteiger partial charge in [-0.05, 0) is 44.5 Å². The van der Waals surface area contributed by atoms with E-state index >= 15 is 0 Å². The second-order valence-corrected chi connectivity index (χ2v) is 10.4. The van der Waals surface area contributed by atoms with Crippen molar-refractivity contribution in [1.82, 2.24) is 30.1 Å². The third kappa shape index (κ3) is 4.99. The molecule has 0 aromatic carbocycles. The number of piperidine rings is 1. The van der Waals surface area contributed by atoms with Gasteiger partial charge in [0.15, 0.2) is 5.01 Å². The Balaban J connectivity index is 1.45. The summed E-state index contributed by atoms with van der Waals surface area (Å²) in [6.07, 6.45) is 3.29. The number of anilines is 2. The van der Waals surface area contributed by atoms with Gasteiger partial charge < -0.3 is 15.5 Å². The first-order valence-corrected chi connectivity index (χ1v) is 12.8. The van der Waals surface area contributed by atoms with Crippen molar-refractivity contribution in [3.63, 3.8) is 0 Å². The van der Waals surface area contributed by atoms with E-state index in [9.17, 15) is 13.6 Å². The van der Waals surface area contributed by atoms with Gasteiger partial charge in [0, 0.05) is 31.4 Å². The van der Waals surface area contributed by atoms with Crippen LogP contribution in [0.25, 0.3) is 27.5 Å². The molecule has 1 unspecified atom stereocenters. The largest absolute Gasteiger partial charge is 0.382 e. The number of aromatic nitrogens is 5. The van der Waals surface area contributed by atoms with Crippen molar-refractivity contribution < 1.29 is 13.6 Å². The number of alkyl halides is 2. The zero-order valence-electron chi connectivity index (χ0n) is 20.9. The molecule has 1 saturated heterocycles. The third-order valence-electron chi connectivity index (χ3n) is 6.13. The summed E-state index contributed by atoms with van der Waals surface area (Å²) in [5.74, 6) is -3.57. The maximum absolute atomic E-state index is 14.7. The molecular formula is C25H25F2N9OS. The van der Waals surface area contributed by atoms with Crippen LogP contribution in [0.1, 0.15) is 32.8 Å². The van der Waals surface area contributed by atoms with E-state index in [0.29, 0.717) is 33.5 Å². The van der Waals surface area contributed by atoms with Gasteiger partial charge in [-0.3, -0.25) is 9.78 Å². The lowest BCUT2D eigenvalue weighted by atomic mass is 10.0. The van der Waals surface area contributed by atoms with E-state index in [1.807, 2.05) is 32.0 Å². The van der Waals surface area contributed by atoms with E-state index in [0.717, 1.165) is 16.9 Å². The minimum Gasteiger partial charge on any atom is -0.382 e. The first-order chi connectivity index (χ1) is 18.1. The maximum atomic E-state index is 14.7. The topological polar surface area (TPSA) is 124 Å². The zero-order chi connectivity index (χ0) is 27.0. The van der Waals surface area contributed by atoms with Crippen molar-refractivity contribution in [2.24, 2.45) is 0 Å². The SMILES string of the molecule is CC(=O)NC1CCN(c2nnc(-c3cnc(-c4ccc5cc(C#N)cnn45)cc3NC(C)C)s2)CC1(F)F. The molecule has 10 nitrogen and oxygen atoms in total. The molecular weight excluding hydrogens is 512 g/mol. The van der Waals surface area contributed by atoms with Crippen LogP contribution in [-0.4, -0.2) is 61.8 Å². The van der Waals surface area contributed by atoms with Crippen molar-refractivity contribution in [2.45, 2.75) is 45.2 Å². The highest BCUT2D eigenvalue weighted by atomic mass is 32.1. The summed E-state index contributed by atoms with van der Waals surface area (Å²) < 4.78 is 31.1. The number of hydrogen-bond donors (Lipinski definition) is 2. The van der Waals surface area contributed by atoms with Crippen molar-refractivity contribution in [2.75, 3.05) is 23.3 Å². The van der Waals surface area contributed by atoms with E-state index in [2.05, 4.69) is 37.0 Å². The highest BCUT2D eigenvalue weighted by Crippen LogP contribution is 2.38. The predicted molar refractivity (Wildman–Crippen MR) is 140 cm³/mol. The van der Waals surface area contributed by atoms with Crippen LogP contribution in [0.15, 0.2) is 36.7 Å². The summed E-state index contributed by atoms with van der Waals surface area (Å²) in [5.41, 5.74) is 4.13. The summed E-state index contributed by atoms with van der Waals surface area (Å²) in [5, 5.41) is 28.7. The van der Waals surface area contributed by atoms with Gasteiger partial charge in [-0.15, -0.1) is 10.2 Å². The lowest BCUT2D eigenvalue weighted by Crippen LogP contribution is -2.58. The quantitative estimate of drug-likeness (QED) is 0.379. The molecule has 4 aromatic rings. The van der Waals surface area contributed by atoms with Crippen LogP contribution in [-0.2, 0) is 4.79 Å². The number of fused-ring (bicyclic) bond motifs is 1. The molecule has 1 aliphatic rings. The number of amides is 1. The number of halogens is 2. The van der Waals surface area contributed by atoms with Gasteiger partial charge in [-0.2, -0.15) is 10.4 Å². The van der Waals surface area contributed by atoms with Crippen molar-refractivity contribution in [1.29, 1.82) is 5.26 Å². The molecule has 1 amide bonds. The van der Waals surface area contributed by atoms with Crippen LogP contribution in [0, 0.1) is 11.3 Å². The second-order valence-electron chi connectivity index (χ2n) is 9.44. The van der Waals surface area contributed by atoms with Crippen LogP contribution in [0.4, 0.5) is 19.6 Å². The fourth-order valence-corrected chi connectivity index (χ4v) is 5.32. The average molecular weight is 538 g/mol. The minimum absolute atomic E-state index is 0.100. The monoisotopic (exact) mass is 537 g/mol. The van der Waals surface area contributed by atoms with Gasteiger partial charge in [0.05, 0.1) is 46.8 Å². The Bertz CT molecular complexity index is 1540. The molecule has 1 atom stereocenters. The molecule has 1 aliphatic heterocycles. The molecule has 5 heterocycles. The highest BCUT2D eigenvalue weighted by molar-refractivity contribution is 7.18. The fraction of sp³-hybridized carbons (Fsp3) is 0.360. The normalized spacial score (nSPS) is 17.0. The van der Waals surface area contributed by atoms with Crippen LogP contribution in [0.2, 0.25) is 0 Å².